The van der Waals surface area contributed by atoms with Gasteiger partial charge in [0.25, 0.3) is 0 Å². The fraction of sp³-hybridized carbons (Fsp3) is 0.500. The summed E-state index contributed by atoms with van der Waals surface area (Å²) in [6, 6.07) is 9.76. The highest BCUT2D eigenvalue weighted by atomic mass is 16.5. The molecule has 0 bridgehead atoms. The van der Waals surface area contributed by atoms with Crippen molar-refractivity contribution in [3.05, 3.63) is 47.8 Å². The van der Waals surface area contributed by atoms with Crippen LogP contribution in [0.25, 0.3) is 0 Å². The molecule has 4 rings (SSSR count). The molecule has 1 heterocycles. The van der Waals surface area contributed by atoms with Crippen molar-refractivity contribution >= 4 is 11.7 Å². The van der Waals surface area contributed by atoms with Gasteiger partial charge in [-0.05, 0) is 29.9 Å². The quantitative estimate of drug-likeness (QED) is 0.807. The monoisotopic (exact) mass is 396 g/mol. The molecule has 0 aliphatic heterocycles. The molecule has 154 valence electrons. The lowest BCUT2D eigenvalue weighted by Crippen LogP contribution is -2.34. The minimum atomic E-state index is -0.327. The number of hydrogen-bond acceptors (Lipinski definition) is 6. The van der Waals surface area contributed by atoms with Crippen molar-refractivity contribution in [3.8, 4) is 5.88 Å². The maximum Gasteiger partial charge on any atom is 0.227 e. The van der Waals surface area contributed by atoms with Crippen molar-refractivity contribution in [2.75, 3.05) is 19.4 Å². The fourth-order valence-electron chi connectivity index (χ4n) is 4.41. The molecule has 7 nitrogen and oxygen atoms in total. The Hall–Kier alpha value is -2.67. The van der Waals surface area contributed by atoms with E-state index in [1.54, 1.807) is 25.1 Å². The summed E-state index contributed by atoms with van der Waals surface area (Å²) in [7, 11) is 3.58. The lowest BCUT2D eigenvalue weighted by Gasteiger charge is -2.24. The SMILES string of the molecule is C[C@H]1C[C@@H](Oc2cc(N[C@@H]3c4ccccc4C[C@@H]3C(=O)N(C)C)ncn2)C[C@@H]1O. The average molecular weight is 396 g/mol. The molecule has 0 radical (unpaired) electrons. The van der Waals surface area contributed by atoms with E-state index in [0.717, 1.165) is 12.0 Å². The third-order valence-electron chi connectivity index (χ3n) is 6.02. The second-order valence-corrected chi connectivity index (χ2v) is 8.36. The van der Waals surface area contributed by atoms with E-state index in [-0.39, 0.29) is 36.0 Å². The van der Waals surface area contributed by atoms with Crippen LogP contribution in [0.15, 0.2) is 36.7 Å². The molecule has 2 N–H and O–H groups in total. The summed E-state index contributed by atoms with van der Waals surface area (Å²) in [6.45, 7) is 2.03. The molecule has 0 saturated heterocycles. The normalized spacial score (nSPS) is 28.1. The number of nitrogens with zero attached hydrogens (tertiary/aromatic N) is 3. The van der Waals surface area contributed by atoms with Gasteiger partial charge in [0.05, 0.1) is 18.1 Å². The summed E-state index contributed by atoms with van der Waals surface area (Å²) in [6.07, 6.45) is 3.23. The van der Waals surface area contributed by atoms with E-state index in [2.05, 4.69) is 27.4 Å². The molecule has 1 saturated carbocycles. The third-order valence-corrected chi connectivity index (χ3v) is 6.02. The molecular formula is C22H28N4O3. The van der Waals surface area contributed by atoms with Crippen LogP contribution in [0.3, 0.4) is 0 Å². The standard InChI is InChI=1S/C22H28N4O3/c1-13-8-15(10-18(13)27)29-20-11-19(23-12-24-20)25-21-16-7-5-4-6-14(16)9-17(21)22(28)26(2)3/h4-7,11-13,15,17-18,21,27H,8-10H2,1-3H3,(H,23,24,25)/t13-,15+,17-,18-,21+/m0/s1. The largest absolute Gasteiger partial charge is 0.474 e. The van der Waals surface area contributed by atoms with Crippen molar-refractivity contribution in [1.29, 1.82) is 0 Å². The van der Waals surface area contributed by atoms with Gasteiger partial charge in [-0.15, -0.1) is 0 Å². The Morgan fingerprint density at radius 3 is 2.76 bits per heavy atom. The van der Waals surface area contributed by atoms with E-state index >= 15 is 0 Å². The van der Waals surface area contributed by atoms with Crippen LogP contribution in [0, 0.1) is 11.8 Å². The smallest absolute Gasteiger partial charge is 0.227 e. The molecule has 5 atom stereocenters. The predicted octanol–water partition coefficient (Wildman–Crippen LogP) is 2.43. The van der Waals surface area contributed by atoms with Crippen molar-refractivity contribution < 1.29 is 14.6 Å². The Morgan fingerprint density at radius 1 is 1.24 bits per heavy atom. The zero-order valence-corrected chi connectivity index (χ0v) is 17.1. The Bertz CT molecular complexity index is 878. The van der Waals surface area contributed by atoms with Gasteiger partial charge in [0.15, 0.2) is 0 Å². The van der Waals surface area contributed by atoms with E-state index in [0.29, 0.717) is 24.5 Å². The number of benzene rings is 1. The van der Waals surface area contributed by atoms with Crippen LogP contribution in [0.2, 0.25) is 0 Å². The highest BCUT2D eigenvalue weighted by Gasteiger charge is 2.38. The van der Waals surface area contributed by atoms with Crippen molar-refractivity contribution in [1.82, 2.24) is 14.9 Å². The number of anilines is 1. The minimum absolute atomic E-state index is 0.0435. The van der Waals surface area contributed by atoms with Crippen LogP contribution >= 0.6 is 0 Å². The van der Waals surface area contributed by atoms with Crippen LogP contribution in [0.1, 0.15) is 36.9 Å². The van der Waals surface area contributed by atoms with Gasteiger partial charge < -0.3 is 20.1 Å². The number of fused-ring (bicyclic) bond motifs is 1. The first kappa shape index (κ1) is 19.6. The number of nitrogens with one attached hydrogen (secondary N) is 1. The topological polar surface area (TPSA) is 87.6 Å². The van der Waals surface area contributed by atoms with E-state index in [4.69, 9.17) is 4.74 Å². The van der Waals surface area contributed by atoms with Gasteiger partial charge in [0.1, 0.15) is 18.2 Å². The fourth-order valence-corrected chi connectivity index (χ4v) is 4.41. The van der Waals surface area contributed by atoms with Gasteiger partial charge in [-0.25, -0.2) is 9.97 Å². The molecule has 0 spiro atoms. The highest BCUT2D eigenvalue weighted by Crippen LogP contribution is 2.39. The summed E-state index contributed by atoms with van der Waals surface area (Å²) in [5, 5.41) is 13.4. The van der Waals surface area contributed by atoms with Crippen LogP contribution in [-0.2, 0) is 11.2 Å². The molecular weight excluding hydrogens is 368 g/mol. The summed E-state index contributed by atoms with van der Waals surface area (Å²) in [5.41, 5.74) is 2.31. The number of hydrogen-bond donors (Lipinski definition) is 2. The Labute approximate surface area is 171 Å². The van der Waals surface area contributed by atoms with Gasteiger partial charge in [-0.3, -0.25) is 4.79 Å². The summed E-state index contributed by atoms with van der Waals surface area (Å²) in [4.78, 5) is 23.0. The Morgan fingerprint density at radius 2 is 2.03 bits per heavy atom. The van der Waals surface area contributed by atoms with Gasteiger partial charge in [-0.2, -0.15) is 0 Å². The van der Waals surface area contributed by atoms with Gasteiger partial charge in [-0.1, -0.05) is 31.2 Å². The predicted molar refractivity (Wildman–Crippen MR) is 110 cm³/mol. The highest BCUT2D eigenvalue weighted by molar-refractivity contribution is 5.81. The van der Waals surface area contributed by atoms with Crippen molar-refractivity contribution in [2.45, 2.75) is 44.4 Å². The van der Waals surface area contributed by atoms with E-state index in [9.17, 15) is 9.90 Å². The van der Waals surface area contributed by atoms with Crippen molar-refractivity contribution in [3.63, 3.8) is 0 Å². The second-order valence-electron chi connectivity index (χ2n) is 8.36. The number of aromatic nitrogens is 2. The van der Waals surface area contributed by atoms with Gasteiger partial charge in [0.2, 0.25) is 11.8 Å². The molecule has 1 amide bonds. The number of aliphatic hydroxyl groups is 1. The van der Waals surface area contributed by atoms with E-state index in [1.807, 2.05) is 19.1 Å². The lowest BCUT2D eigenvalue weighted by atomic mass is 9.99. The number of aliphatic hydroxyl groups excluding tert-OH is 1. The first-order chi connectivity index (χ1) is 13.9. The van der Waals surface area contributed by atoms with Crippen molar-refractivity contribution in [2.24, 2.45) is 11.8 Å². The molecule has 0 unspecified atom stereocenters. The third kappa shape index (κ3) is 4.05. The Balaban J connectivity index is 1.53. The van der Waals surface area contributed by atoms with Crippen LogP contribution in [0.4, 0.5) is 5.82 Å². The van der Waals surface area contributed by atoms with Crippen LogP contribution in [-0.4, -0.2) is 52.2 Å². The van der Waals surface area contributed by atoms with Gasteiger partial charge >= 0.3 is 0 Å². The van der Waals surface area contributed by atoms with Crippen LogP contribution < -0.4 is 10.1 Å². The van der Waals surface area contributed by atoms with E-state index < -0.39 is 0 Å². The summed E-state index contributed by atoms with van der Waals surface area (Å²) in [5.74, 6) is 1.24. The zero-order chi connectivity index (χ0) is 20.5. The Kier molecular flexibility index (Phi) is 5.41. The summed E-state index contributed by atoms with van der Waals surface area (Å²) < 4.78 is 5.98. The van der Waals surface area contributed by atoms with Crippen LogP contribution in [0.5, 0.6) is 5.88 Å². The maximum atomic E-state index is 12.8. The molecule has 1 aromatic carbocycles. The van der Waals surface area contributed by atoms with Gasteiger partial charge in [0, 0.05) is 26.6 Å². The number of ether oxygens (including phenoxy) is 1. The molecule has 1 fully saturated rings. The number of carbonyl (C=O) groups excluding carboxylic acids is 1. The first-order valence-electron chi connectivity index (χ1n) is 10.1. The molecule has 7 heteroatoms. The minimum Gasteiger partial charge on any atom is -0.474 e. The number of carbonyl (C=O) groups is 1. The summed E-state index contributed by atoms with van der Waals surface area (Å²) >= 11 is 0. The molecule has 1 aromatic heterocycles. The number of rotatable bonds is 5. The maximum absolute atomic E-state index is 12.8. The molecule has 2 aliphatic rings. The first-order valence-corrected chi connectivity index (χ1v) is 10.1. The second kappa shape index (κ2) is 7.99. The molecule has 2 aliphatic carbocycles. The number of amides is 1. The molecule has 29 heavy (non-hydrogen) atoms. The lowest BCUT2D eigenvalue weighted by molar-refractivity contribution is -0.133. The average Bonchev–Trinajstić information content (AvgIpc) is 3.21. The molecule has 2 aromatic rings. The van der Waals surface area contributed by atoms with E-state index in [1.165, 1.54) is 11.9 Å². The zero-order valence-electron chi connectivity index (χ0n) is 17.1.